The number of carbonyl (C=O) groups excluding carboxylic acids is 1. The quantitative estimate of drug-likeness (QED) is 0.600. The van der Waals surface area contributed by atoms with Crippen molar-refractivity contribution in [3.8, 4) is 0 Å². The van der Waals surface area contributed by atoms with Gasteiger partial charge in [0.05, 0.1) is 7.11 Å². The topological polar surface area (TPSA) is 26.3 Å². The average molecular weight is 255 g/mol. The lowest BCUT2D eigenvalue weighted by molar-refractivity contribution is -0.134. The molecule has 0 fully saturated rings. The fourth-order valence-corrected chi connectivity index (χ4v) is 1.40. The predicted molar refractivity (Wildman–Crippen MR) is 59.9 cm³/mol. The zero-order chi connectivity index (χ0) is 10.6. The Morgan fingerprint density at radius 1 is 1.50 bits per heavy atom. The first-order valence-corrected chi connectivity index (χ1v) is 4.95. The number of halogens is 1. The van der Waals surface area contributed by atoms with Crippen LogP contribution in [0, 0.1) is 6.92 Å². The minimum atomic E-state index is -0.349. The Labute approximate surface area is 91.7 Å². The zero-order valence-electron chi connectivity index (χ0n) is 8.08. The molecule has 1 aromatic carbocycles. The molecule has 0 spiro atoms. The molecule has 0 N–H and O–H groups in total. The summed E-state index contributed by atoms with van der Waals surface area (Å²) in [6.45, 7) is 2.00. The molecule has 0 aromatic heterocycles. The largest absolute Gasteiger partial charge is 0.466 e. The van der Waals surface area contributed by atoms with Crippen molar-refractivity contribution in [2.45, 2.75) is 6.92 Å². The Balaban J connectivity index is 2.90. The highest BCUT2D eigenvalue weighted by molar-refractivity contribution is 9.10. The summed E-state index contributed by atoms with van der Waals surface area (Å²) in [5.41, 5.74) is 2.12. The van der Waals surface area contributed by atoms with E-state index in [0.29, 0.717) is 0 Å². The van der Waals surface area contributed by atoms with Gasteiger partial charge >= 0.3 is 5.97 Å². The summed E-state index contributed by atoms with van der Waals surface area (Å²) in [6.07, 6.45) is 3.13. The SMILES string of the molecule is COC(=O)C=Cc1cc(C)ccc1Br. The van der Waals surface area contributed by atoms with Gasteiger partial charge in [0.1, 0.15) is 0 Å². The van der Waals surface area contributed by atoms with Crippen LogP contribution in [-0.2, 0) is 9.53 Å². The molecule has 0 aliphatic heterocycles. The van der Waals surface area contributed by atoms with Gasteiger partial charge in [-0.15, -0.1) is 0 Å². The van der Waals surface area contributed by atoms with Gasteiger partial charge in [-0.25, -0.2) is 4.79 Å². The van der Waals surface area contributed by atoms with Gasteiger partial charge in [0.15, 0.2) is 0 Å². The second-order valence-electron chi connectivity index (χ2n) is 2.88. The molecule has 0 aliphatic carbocycles. The van der Waals surface area contributed by atoms with E-state index < -0.39 is 0 Å². The summed E-state index contributed by atoms with van der Waals surface area (Å²) in [4.78, 5) is 10.9. The van der Waals surface area contributed by atoms with Crippen LogP contribution >= 0.6 is 15.9 Å². The smallest absolute Gasteiger partial charge is 0.330 e. The number of esters is 1. The van der Waals surface area contributed by atoms with Crippen molar-refractivity contribution in [1.82, 2.24) is 0 Å². The molecule has 0 aliphatic rings. The van der Waals surface area contributed by atoms with E-state index in [1.54, 1.807) is 6.08 Å². The molecule has 0 bridgehead atoms. The number of benzene rings is 1. The van der Waals surface area contributed by atoms with E-state index in [1.807, 2.05) is 25.1 Å². The van der Waals surface area contributed by atoms with Crippen LogP contribution in [-0.4, -0.2) is 13.1 Å². The van der Waals surface area contributed by atoms with Crippen LogP contribution in [0.3, 0.4) is 0 Å². The van der Waals surface area contributed by atoms with Gasteiger partial charge in [-0.2, -0.15) is 0 Å². The first kappa shape index (κ1) is 11.0. The molecule has 0 heterocycles. The maximum Gasteiger partial charge on any atom is 0.330 e. The van der Waals surface area contributed by atoms with Crippen molar-refractivity contribution in [3.63, 3.8) is 0 Å². The van der Waals surface area contributed by atoms with Gasteiger partial charge in [-0.1, -0.05) is 33.6 Å². The van der Waals surface area contributed by atoms with E-state index in [-0.39, 0.29) is 5.97 Å². The van der Waals surface area contributed by atoms with Gasteiger partial charge in [-0.3, -0.25) is 0 Å². The summed E-state index contributed by atoms with van der Waals surface area (Å²) >= 11 is 3.40. The molecule has 0 unspecified atom stereocenters. The Morgan fingerprint density at radius 3 is 2.86 bits per heavy atom. The van der Waals surface area contributed by atoms with E-state index in [2.05, 4.69) is 20.7 Å². The van der Waals surface area contributed by atoms with Gasteiger partial charge in [0, 0.05) is 10.5 Å². The molecule has 0 saturated carbocycles. The van der Waals surface area contributed by atoms with Crippen LogP contribution in [0.1, 0.15) is 11.1 Å². The number of carbonyl (C=O) groups is 1. The van der Waals surface area contributed by atoms with Crippen molar-refractivity contribution in [2.75, 3.05) is 7.11 Å². The lowest BCUT2D eigenvalue weighted by Gasteiger charge is -1.99. The third kappa shape index (κ3) is 3.00. The predicted octanol–water partition coefficient (Wildman–Crippen LogP) is 2.94. The normalized spacial score (nSPS) is 10.5. The third-order valence-corrected chi connectivity index (χ3v) is 2.47. The standard InChI is InChI=1S/C11H11BrO2/c1-8-3-5-10(12)9(7-8)4-6-11(13)14-2/h3-7H,1-2H3. The maximum absolute atomic E-state index is 10.9. The fourth-order valence-electron chi connectivity index (χ4n) is 1.02. The average Bonchev–Trinajstić information content (AvgIpc) is 2.19. The van der Waals surface area contributed by atoms with E-state index in [0.717, 1.165) is 15.6 Å². The summed E-state index contributed by atoms with van der Waals surface area (Å²) in [6, 6.07) is 5.94. The van der Waals surface area contributed by atoms with Crippen LogP contribution < -0.4 is 0 Å². The van der Waals surface area contributed by atoms with Crippen molar-refractivity contribution >= 4 is 28.0 Å². The maximum atomic E-state index is 10.9. The Bertz CT molecular complexity index is 370. The third-order valence-electron chi connectivity index (χ3n) is 1.75. The molecule has 0 amide bonds. The van der Waals surface area contributed by atoms with Crippen LogP contribution in [0.5, 0.6) is 0 Å². The summed E-state index contributed by atoms with van der Waals surface area (Å²) in [5, 5.41) is 0. The molecule has 2 nitrogen and oxygen atoms in total. The molecule has 1 rings (SSSR count). The Morgan fingerprint density at radius 2 is 2.21 bits per heavy atom. The molecule has 1 aromatic rings. The van der Waals surface area contributed by atoms with Crippen molar-refractivity contribution in [3.05, 3.63) is 39.9 Å². The number of aryl methyl sites for hydroxylation is 1. The second-order valence-corrected chi connectivity index (χ2v) is 3.74. The zero-order valence-corrected chi connectivity index (χ0v) is 9.67. The van der Waals surface area contributed by atoms with Crippen molar-refractivity contribution in [1.29, 1.82) is 0 Å². The number of hydrogen-bond donors (Lipinski definition) is 0. The Hall–Kier alpha value is -1.09. The molecule has 3 heteroatoms. The van der Waals surface area contributed by atoms with Crippen LogP contribution in [0.15, 0.2) is 28.7 Å². The van der Waals surface area contributed by atoms with Crippen molar-refractivity contribution in [2.24, 2.45) is 0 Å². The molecular weight excluding hydrogens is 244 g/mol. The first-order valence-electron chi connectivity index (χ1n) is 4.15. The molecule has 0 saturated heterocycles. The number of hydrogen-bond acceptors (Lipinski definition) is 2. The highest BCUT2D eigenvalue weighted by Gasteiger charge is 1.97. The van der Waals surface area contributed by atoms with E-state index in [1.165, 1.54) is 13.2 Å². The highest BCUT2D eigenvalue weighted by atomic mass is 79.9. The monoisotopic (exact) mass is 254 g/mol. The van der Waals surface area contributed by atoms with Crippen LogP contribution in [0.4, 0.5) is 0 Å². The highest BCUT2D eigenvalue weighted by Crippen LogP contribution is 2.19. The lowest BCUT2D eigenvalue weighted by Crippen LogP contribution is -1.93. The van der Waals surface area contributed by atoms with E-state index >= 15 is 0 Å². The van der Waals surface area contributed by atoms with Gasteiger partial charge in [0.2, 0.25) is 0 Å². The Kier molecular flexibility index (Phi) is 3.89. The molecule has 0 radical (unpaired) electrons. The van der Waals surface area contributed by atoms with E-state index in [4.69, 9.17) is 0 Å². The minimum absolute atomic E-state index is 0.349. The van der Waals surface area contributed by atoms with E-state index in [9.17, 15) is 4.79 Å². The molecular formula is C11H11BrO2. The molecule has 14 heavy (non-hydrogen) atoms. The fraction of sp³-hybridized carbons (Fsp3) is 0.182. The summed E-state index contributed by atoms with van der Waals surface area (Å²) in [7, 11) is 1.36. The van der Waals surface area contributed by atoms with Gasteiger partial charge in [0.25, 0.3) is 0 Å². The van der Waals surface area contributed by atoms with Gasteiger partial charge < -0.3 is 4.74 Å². The molecule has 74 valence electrons. The summed E-state index contributed by atoms with van der Waals surface area (Å²) in [5.74, 6) is -0.349. The lowest BCUT2D eigenvalue weighted by atomic mass is 10.1. The summed E-state index contributed by atoms with van der Waals surface area (Å²) < 4.78 is 5.46. The number of methoxy groups -OCH3 is 1. The molecule has 0 atom stereocenters. The first-order chi connectivity index (χ1) is 6.63. The number of ether oxygens (including phenoxy) is 1. The van der Waals surface area contributed by atoms with Crippen LogP contribution in [0.25, 0.3) is 6.08 Å². The second kappa shape index (κ2) is 4.96. The minimum Gasteiger partial charge on any atom is -0.466 e. The van der Waals surface area contributed by atoms with Crippen LogP contribution in [0.2, 0.25) is 0 Å². The van der Waals surface area contributed by atoms with Crippen molar-refractivity contribution < 1.29 is 9.53 Å². The van der Waals surface area contributed by atoms with Gasteiger partial charge in [-0.05, 0) is 24.6 Å². The number of rotatable bonds is 2.